The van der Waals surface area contributed by atoms with Crippen molar-refractivity contribution in [3.8, 4) is 5.75 Å². The Kier molecular flexibility index (Phi) is 6.57. The quantitative estimate of drug-likeness (QED) is 0.604. The lowest BCUT2D eigenvalue weighted by Gasteiger charge is -2.36. The maximum absolute atomic E-state index is 6.16. The minimum absolute atomic E-state index is 0. The first-order chi connectivity index (χ1) is 7.26. The highest BCUT2D eigenvalue weighted by Crippen LogP contribution is 2.37. The van der Waals surface area contributed by atoms with Crippen LogP contribution in [-0.2, 0) is 5.88 Å². The molecule has 1 aromatic rings. The van der Waals surface area contributed by atoms with Crippen LogP contribution in [0.25, 0.3) is 0 Å². The lowest BCUT2D eigenvalue weighted by molar-refractivity contribution is 0.492. The van der Waals surface area contributed by atoms with Crippen molar-refractivity contribution in [3.63, 3.8) is 0 Å². The molecular weight excluding hydrogens is 260 g/mol. The van der Waals surface area contributed by atoms with E-state index in [1.807, 2.05) is 24.3 Å². The van der Waals surface area contributed by atoms with Crippen LogP contribution in [0, 0.1) is 0 Å². The van der Waals surface area contributed by atoms with Gasteiger partial charge in [-0.3, -0.25) is 0 Å². The number of halogens is 1. The summed E-state index contributed by atoms with van der Waals surface area (Å²) in [4.78, 5) is 0. The molecule has 4 heteroatoms. The van der Waals surface area contributed by atoms with Gasteiger partial charge in [0, 0.05) is 5.88 Å². The molecule has 0 spiro atoms. The summed E-state index contributed by atoms with van der Waals surface area (Å²) in [6, 6.07) is 8.07. The first kappa shape index (κ1) is 17.3. The molecule has 0 aliphatic rings. The van der Waals surface area contributed by atoms with E-state index in [1.54, 1.807) is 0 Å². The Morgan fingerprint density at radius 3 is 1.94 bits per heavy atom. The topological polar surface area (TPSA) is 9.23 Å². The molecule has 1 rings (SSSR count). The van der Waals surface area contributed by atoms with Gasteiger partial charge < -0.3 is 4.43 Å². The molecule has 0 aliphatic heterocycles. The second kappa shape index (κ2) is 6.46. The highest BCUT2D eigenvalue weighted by Gasteiger charge is 2.38. The second-order valence-electron chi connectivity index (χ2n) is 5.64. The van der Waals surface area contributed by atoms with Crippen LogP contribution in [0.3, 0.4) is 0 Å². The maximum Gasteiger partial charge on any atom is 0.316 e. The molecule has 17 heavy (non-hydrogen) atoms. The second-order valence-corrected chi connectivity index (χ2v) is 10.6. The van der Waals surface area contributed by atoms with Crippen molar-refractivity contribution in [2.24, 2.45) is 0 Å². The van der Waals surface area contributed by atoms with E-state index < -0.39 is 8.32 Å². The van der Waals surface area contributed by atoms with E-state index in [1.165, 1.54) is 0 Å². The average molecular weight is 283 g/mol. The molecule has 0 unspecified atom stereocenters. The van der Waals surface area contributed by atoms with Crippen LogP contribution in [0.15, 0.2) is 24.3 Å². The zero-order valence-electron chi connectivity index (χ0n) is 10.8. The molecule has 0 bridgehead atoms. The van der Waals surface area contributed by atoms with Gasteiger partial charge in [-0.15, -0.1) is 11.6 Å². The molecule has 0 radical (unpaired) electrons. The van der Waals surface area contributed by atoms with Crippen molar-refractivity contribution >= 4 is 43.0 Å². The van der Waals surface area contributed by atoms with Gasteiger partial charge in [-0.1, -0.05) is 32.9 Å². The largest absolute Gasteiger partial charge is 0.544 e. The van der Waals surface area contributed by atoms with E-state index in [9.17, 15) is 0 Å². The third kappa shape index (κ3) is 4.81. The fraction of sp³-hybridized carbons (Fsp3) is 0.538. The SMILES string of the molecule is CC(C)(C)[Si](C)(C)Oc1ccc(CCl)cc1.[MgH2]. The summed E-state index contributed by atoms with van der Waals surface area (Å²) in [6.45, 7) is 11.2. The zero-order valence-corrected chi connectivity index (χ0v) is 12.6. The summed E-state index contributed by atoms with van der Waals surface area (Å²) in [5, 5.41) is 0.234. The fourth-order valence-corrected chi connectivity index (χ4v) is 2.30. The molecule has 0 aromatic heterocycles. The summed E-state index contributed by atoms with van der Waals surface area (Å²) in [5.74, 6) is 1.51. The van der Waals surface area contributed by atoms with Gasteiger partial charge in [0.05, 0.1) is 0 Å². The third-order valence-corrected chi connectivity index (χ3v) is 7.92. The van der Waals surface area contributed by atoms with Crippen LogP contribution in [0.2, 0.25) is 18.1 Å². The van der Waals surface area contributed by atoms with Crippen LogP contribution < -0.4 is 4.43 Å². The average Bonchev–Trinajstić information content (AvgIpc) is 2.16. The summed E-state index contributed by atoms with van der Waals surface area (Å²) in [7, 11) is -1.71. The molecule has 0 saturated carbocycles. The van der Waals surface area contributed by atoms with E-state index >= 15 is 0 Å². The minimum Gasteiger partial charge on any atom is -0.544 e. The van der Waals surface area contributed by atoms with E-state index in [2.05, 4.69) is 33.9 Å². The van der Waals surface area contributed by atoms with Gasteiger partial charge in [0.15, 0.2) is 0 Å². The molecule has 0 N–H and O–H groups in total. The first-order valence-corrected chi connectivity index (χ1v) is 9.04. The highest BCUT2D eigenvalue weighted by molar-refractivity contribution is 6.74. The van der Waals surface area contributed by atoms with Crippen molar-refractivity contribution in [1.82, 2.24) is 0 Å². The fourth-order valence-electron chi connectivity index (χ4n) is 1.09. The van der Waals surface area contributed by atoms with Crippen molar-refractivity contribution in [1.29, 1.82) is 0 Å². The van der Waals surface area contributed by atoms with Crippen LogP contribution in [-0.4, -0.2) is 31.4 Å². The molecule has 0 amide bonds. The molecule has 0 atom stereocenters. The van der Waals surface area contributed by atoms with Crippen LogP contribution in [0.5, 0.6) is 5.75 Å². The Morgan fingerprint density at radius 2 is 1.59 bits per heavy atom. The predicted molar refractivity (Wildman–Crippen MR) is 82.4 cm³/mol. The van der Waals surface area contributed by atoms with Crippen molar-refractivity contribution in [2.75, 3.05) is 0 Å². The first-order valence-electron chi connectivity index (χ1n) is 5.60. The molecule has 94 valence electrons. The van der Waals surface area contributed by atoms with Crippen molar-refractivity contribution in [3.05, 3.63) is 29.8 Å². The Labute approximate surface area is 127 Å². The minimum atomic E-state index is -1.71. The molecule has 0 saturated heterocycles. The molecular formula is C13H23ClMgOSi. The van der Waals surface area contributed by atoms with Gasteiger partial charge in [-0.25, -0.2) is 0 Å². The van der Waals surface area contributed by atoms with Gasteiger partial charge in [0.25, 0.3) is 0 Å². The van der Waals surface area contributed by atoms with E-state index in [0.717, 1.165) is 11.3 Å². The van der Waals surface area contributed by atoms with Gasteiger partial charge in [-0.05, 0) is 35.8 Å². The highest BCUT2D eigenvalue weighted by atomic mass is 35.5. The monoisotopic (exact) mass is 282 g/mol. The van der Waals surface area contributed by atoms with Gasteiger partial charge >= 0.3 is 23.1 Å². The Bertz CT molecular complexity index is 343. The number of benzene rings is 1. The van der Waals surface area contributed by atoms with Gasteiger partial charge in [-0.2, -0.15) is 0 Å². The predicted octanol–water partition coefficient (Wildman–Crippen LogP) is 3.89. The zero-order chi connectivity index (χ0) is 12.4. The van der Waals surface area contributed by atoms with E-state index in [-0.39, 0.29) is 28.1 Å². The molecule has 0 aliphatic carbocycles. The van der Waals surface area contributed by atoms with Crippen LogP contribution in [0.4, 0.5) is 0 Å². The molecule has 0 heterocycles. The standard InChI is InChI=1S/C13H21ClOSi.Mg.2H/c1-13(2,3)16(4,5)15-12-8-6-11(10-14)7-9-12;;;/h6-9H,10H2,1-5H3;;;. The summed E-state index contributed by atoms with van der Waals surface area (Å²) < 4.78 is 6.16. The van der Waals surface area contributed by atoms with Crippen LogP contribution >= 0.6 is 11.6 Å². The Balaban J connectivity index is 0.00000256. The van der Waals surface area contributed by atoms with Gasteiger partial charge in [0.1, 0.15) is 5.75 Å². The lowest BCUT2D eigenvalue weighted by atomic mass is 10.2. The summed E-state index contributed by atoms with van der Waals surface area (Å²) in [5.41, 5.74) is 1.13. The number of hydrogen-bond donors (Lipinski definition) is 0. The Hall–Kier alpha value is 0.293. The number of rotatable bonds is 3. The van der Waals surface area contributed by atoms with E-state index in [4.69, 9.17) is 16.0 Å². The van der Waals surface area contributed by atoms with Crippen molar-refractivity contribution in [2.45, 2.75) is 44.8 Å². The normalized spacial score (nSPS) is 11.9. The smallest absolute Gasteiger partial charge is 0.316 e. The maximum atomic E-state index is 6.16. The number of hydrogen-bond acceptors (Lipinski definition) is 1. The van der Waals surface area contributed by atoms with Crippen molar-refractivity contribution < 1.29 is 4.43 Å². The van der Waals surface area contributed by atoms with Crippen LogP contribution in [0.1, 0.15) is 26.3 Å². The Morgan fingerprint density at radius 1 is 1.12 bits per heavy atom. The molecule has 1 nitrogen and oxygen atoms in total. The molecule has 1 aromatic carbocycles. The molecule has 0 fully saturated rings. The summed E-state index contributed by atoms with van der Waals surface area (Å²) in [6.07, 6.45) is 0. The lowest BCUT2D eigenvalue weighted by Crippen LogP contribution is -2.43. The van der Waals surface area contributed by atoms with Gasteiger partial charge in [0.2, 0.25) is 8.32 Å². The van der Waals surface area contributed by atoms with E-state index in [0.29, 0.717) is 5.88 Å². The number of alkyl halides is 1. The third-order valence-electron chi connectivity index (χ3n) is 3.26. The summed E-state index contributed by atoms with van der Waals surface area (Å²) >= 11 is 5.75.